The molecule has 1 amide bonds. The molecule has 0 bridgehead atoms. The van der Waals surface area contributed by atoms with E-state index in [0.29, 0.717) is 5.02 Å². The van der Waals surface area contributed by atoms with Crippen molar-refractivity contribution in [3.63, 3.8) is 0 Å². The summed E-state index contributed by atoms with van der Waals surface area (Å²) < 4.78 is 26.9. The number of aliphatic carboxylic acids is 1. The molecule has 0 aromatic heterocycles. The van der Waals surface area contributed by atoms with Gasteiger partial charge in [-0.15, -0.1) is 0 Å². The molecule has 1 unspecified atom stereocenters. The number of piperidine rings is 1. The fourth-order valence-corrected chi connectivity index (χ4v) is 3.87. The molecule has 1 aromatic rings. The molecular weight excluding hydrogens is 372 g/mol. The number of carboxylic acid groups (broad SMARTS) is 1. The first-order valence-electron chi connectivity index (χ1n) is 7.58. The first-order chi connectivity index (χ1) is 11.5. The Balaban J connectivity index is 2.01. The first kappa shape index (κ1) is 19.6. The van der Waals surface area contributed by atoms with E-state index in [1.165, 1.54) is 36.1 Å². The van der Waals surface area contributed by atoms with Gasteiger partial charge >= 0.3 is 5.97 Å². The van der Waals surface area contributed by atoms with Gasteiger partial charge in [-0.05, 0) is 31.2 Å². The molecule has 8 nitrogen and oxygen atoms in total. The van der Waals surface area contributed by atoms with Crippen molar-refractivity contribution in [3.05, 3.63) is 29.3 Å². The minimum absolute atomic E-state index is 0.0181. The third-order valence-corrected chi connectivity index (χ3v) is 5.94. The number of carboxylic acids is 1. The van der Waals surface area contributed by atoms with E-state index in [1.54, 1.807) is 0 Å². The summed E-state index contributed by atoms with van der Waals surface area (Å²) in [5, 5.41) is 19.3. The molecule has 1 saturated heterocycles. The van der Waals surface area contributed by atoms with Crippen LogP contribution in [0.3, 0.4) is 0 Å². The minimum Gasteiger partial charge on any atom is -0.479 e. The Kier molecular flexibility index (Phi) is 5.72. The Hall–Kier alpha value is -1.68. The van der Waals surface area contributed by atoms with E-state index in [-0.39, 0.29) is 30.8 Å². The van der Waals surface area contributed by atoms with Gasteiger partial charge in [0.15, 0.2) is 5.60 Å². The van der Waals surface area contributed by atoms with Gasteiger partial charge in [0.2, 0.25) is 15.9 Å². The third kappa shape index (κ3) is 4.49. The number of hydrogen-bond donors (Lipinski definition) is 3. The molecule has 1 heterocycles. The number of hydrogen-bond acceptors (Lipinski definition) is 5. The molecule has 25 heavy (non-hydrogen) atoms. The van der Waals surface area contributed by atoms with E-state index in [4.69, 9.17) is 16.7 Å². The van der Waals surface area contributed by atoms with Crippen LogP contribution in [0.5, 0.6) is 0 Å². The monoisotopic (exact) mass is 390 g/mol. The second-order valence-corrected chi connectivity index (χ2v) is 8.11. The number of carbonyl (C=O) groups excluding carboxylic acids is 1. The Labute approximate surface area is 150 Å². The number of nitrogens with one attached hydrogen (secondary N) is 1. The number of rotatable bonds is 5. The highest BCUT2D eigenvalue weighted by atomic mass is 35.5. The Morgan fingerprint density at radius 3 is 2.24 bits per heavy atom. The second kappa shape index (κ2) is 7.28. The number of carbonyl (C=O) groups is 2. The Morgan fingerprint density at radius 2 is 1.76 bits per heavy atom. The molecule has 0 radical (unpaired) electrons. The lowest BCUT2D eigenvalue weighted by Gasteiger charge is -2.36. The summed E-state index contributed by atoms with van der Waals surface area (Å²) >= 11 is 5.73. The van der Waals surface area contributed by atoms with Gasteiger partial charge in [0, 0.05) is 31.0 Å². The maximum Gasteiger partial charge on any atom is 0.335 e. The van der Waals surface area contributed by atoms with Crippen LogP contribution < -0.4 is 4.72 Å². The van der Waals surface area contributed by atoms with Crippen molar-refractivity contribution >= 4 is 33.5 Å². The van der Waals surface area contributed by atoms with E-state index < -0.39 is 33.5 Å². The van der Waals surface area contributed by atoms with Crippen molar-refractivity contribution in [2.24, 2.45) is 0 Å². The zero-order valence-electron chi connectivity index (χ0n) is 13.5. The number of amides is 1. The SMILES string of the molecule is CC(NS(=O)(=O)c1ccc(Cl)cc1)C(=O)N1CCC(O)(C(=O)O)CC1. The van der Waals surface area contributed by atoms with Crippen LogP contribution in [0.15, 0.2) is 29.2 Å². The summed E-state index contributed by atoms with van der Waals surface area (Å²) in [6, 6.07) is 4.49. The van der Waals surface area contributed by atoms with Gasteiger partial charge in [0.25, 0.3) is 0 Å². The largest absolute Gasteiger partial charge is 0.479 e. The van der Waals surface area contributed by atoms with Crippen LogP contribution in [-0.2, 0) is 19.6 Å². The van der Waals surface area contributed by atoms with Crippen LogP contribution in [-0.4, -0.2) is 60.1 Å². The van der Waals surface area contributed by atoms with Crippen LogP contribution in [0.4, 0.5) is 0 Å². The van der Waals surface area contributed by atoms with Gasteiger partial charge in [-0.25, -0.2) is 13.2 Å². The summed E-state index contributed by atoms with van der Waals surface area (Å²) in [4.78, 5) is 24.7. The quantitative estimate of drug-likeness (QED) is 0.670. The van der Waals surface area contributed by atoms with Gasteiger partial charge in [-0.1, -0.05) is 11.6 Å². The maximum absolute atomic E-state index is 12.4. The fourth-order valence-electron chi connectivity index (χ4n) is 2.55. The molecule has 3 N–H and O–H groups in total. The number of sulfonamides is 1. The highest BCUT2D eigenvalue weighted by molar-refractivity contribution is 7.89. The number of aliphatic hydroxyl groups is 1. The summed E-state index contributed by atoms with van der Waals surface area (Å²) in [5.41, 5.74) is -1.84. The van der Waals surface area contributed by atoms with Gasteiger partial charge in [0.05, 0.1) is 10.9 Å². The summed E-state index contributed by atoms with van der Waals surface area (Å²) in [6.07, 6.45) is -0.213. The van der Waals surface area contributed by atoms with E-state index >= 15 is 0 Å². The first-order valence-corrected chi connectivity index (χ1v) is 9.44. The number of benzene rings is 1. The predicted octanol–water partition coefficient (Wildman–Crippen LogP) is 0.445. The van der Waals surface area contributed by atoms with Crippen LogP contribution in [0.2, 0.25) is 5.02 Å². The fraction of sp³-hybridized carbons (Fsp3) is 0.467. The van der Waals surface area contributed by atoms with Gasteiger partial charge in [-0.2, -0.15) is 4.72 Å². The van der Waals surface area contributed by atoms with E-state index in [2.05, 4.69) is 4.72 Å². The van der Waals surface area contributed by atoms with E-state index in [9.17, 15) is 23.1 Å². The van der Waals surface area contributed by atoms with Crippen molar-refractivity contribution in [1.82, 2.24) is 9.62 Å². The van der Waals surface area contributed by atoms with Crippen molar-refractivity contribution in [3.8, 4) is 0 Å². The minimum atomic E-state index is -3.90. The number of halogens is 1. The highest BCUT2D eigenvalue weighted by Gasteiger charge is 2.41. The summed E-state index contributed by atoms with van der Waals surface area (Å²) in [6.45, 7) is 1.48. The average Bonchev–Trinajstić information content (AvgIpc) is 2.54. The predicted molar refractivity (Wildman–Crippen MR) is 89.6 cm³/mol. The van der Waals surface area contributed by atoms with Crippen LogP contribution in [0, 0.1) is 0 Å². The zero-order valence-corrected chi connectivity index (χ0v) is 15.0. The van der Waals surface area contributed by atoms with E-state index in [1.807, 2.05) is 0 Å². The molecular formula is C15H19ClN2O6S. The zero-order chi connectivity index (χ0) is 18.8. The smallest absolute Gasteiger partial charge is 0.335 e. The summed E-state index contributed by atoms with van der Waals surface area (Å²) in [7, 11) is -3.90. The molecule has 1 aromatic carbocycles. The van der Waals surface area contributed by atoms with Crippen molar-refractivity contribution in [2.45, 2.75) is 36.3 Å². The van der Waals surface area contributed by atoms with Gasteiger partial charge < -0.3 is 15.1 Å². The molecule has 138 valence electrons. The molecule has 0 aliphatic carbocycles. The summed E-state index contributed by atoms with van der Waals surface area (Å²) in [5.74, 6) is -1.80. The molecule has 1 atom stereocenters. The third-order valence-electron chi connectivity index (χ3n) is 4.13. The lowest BCUT2D eigenvalue weighted by molar-refractivity contribution is -0.165. The molecule has 1 aliphatic rings. The standard InChI is InChI=1S/C15H19ClN2O6S/c1-10(17-25(23,24)12-4-2-11(16)3-5-12)13(19)18-8-6-15(22,7-9-18)14(20)21/h2-5,10,17,22H,6-9H2,1H3,(H,20,21). The Morgan fingerprint density at radius 1 is 1.24 bits per heavy atom. The molecule has 0 spiro atoms. The molecule has 1 aliphatic heterocycles. The van der Waals surface area contributed by atoms with Crippen LogP contribution in [0.1, 0.15) is 19.8 Å². The lowest BCUT2D eigenvalue weighted by atomic mass is 9.91. The van der Waals surface area contributed by atoms with Gasteiger partial charge in [-0.3, -0.25) is 4.79 Å². The number of likely N-dealkylation sites (tertiary alicyclic amines) is 1. The topological polar surface area (TPSA) is 124 Å². The average molecular weight is 391 g/mol. The maximum atomic E-state index is 12.4. The second-order valence-electron chi connectivity index (χ2n) is 5.96. The highest BCUT2D eigenvalue weighted by Crippen LogP contribution is 2.23. The van der Waals surface area contributed by atoms with Crippen LogP contribution >= 0.6 is 11.6 Å². The molecule has 1 fully saturated rings. The normalized spacial score (nSPS) is 18.6. The molecule has 2 rings (SSSR count). The van der Waals surface area contributed by atoms with Crippen molar-refractivity contribution in [2.75, 3.05) is 13.1 Å². The lowest BCUT2D eigenvalue weighted by Crippen LogP contribution is -2.54. The van der Waals surface area contributed by atoms with Gasteiger partial charge in [0.1, 0.15) is 0 Å². The van der Waals surface area contributed by atoms with Crippen molar-refractivity contribution < 1.29 is 28.2 Å². The van der Waals surface area contributed by atoms with E-state index in [0.717, 1.165) is 0 Å². The van der Waals surface area contributed by atoms with Crippen molar-refractivity contribution in [1.29, 1.82) is 0 Å². The number of nitrogens with zero attached hydrogens (tertiary/aromatic N) is 1. The molecule has 0 saturated carbocycles. The van der Waals surface area contributed by atoms with Crippen LogP contribution in [0.25, 0.3) is 0 Å². The Bertz CT molecular complexity index is 757. The molecule has 10 heteroatoms.